The van der Waals surface area contributed by atoms with Crippen molar-refractivity contribution in [2.45, 2.75) is 87.9 Å². The molecule has 2 aliphatic heterocycles. The minimum absolute atomic E-state index is 0.458. The van der Waals surface area contributed by atoms with Gasteiger partial charge >= 0.3 is 5.97 Å². The zero-order chi connectivity index (χ0) is 23.0. The van der Waals surface area contributed by atoms with Crippen LogP contribution in [0.15, 0.2) is 0 Å². The molecule has 30 heavy (non-hydrogen) atoms. The molecule has 0 aromatic heterocycles. The van der Waals surface area contributed by atoms with E-state index in [0.717, 1.165) is 7.11 Å². The van der Waals surface area contributed by atoms with Gasteiger partial charge in [-0.1, -0.05) is 0 Å². The Morgan fingerprint density at radius 3 is 2.23 bits per heavy atom. The number of hydrogen-bond acceptors (Lipinski definition) is 10. The maximum Gasteiger partial charge on any atom is 0.335 e. The number of amides is 1. The number of rotatable bonds is 6. The Bertz CT molecular complexity index is 644. The summed E-state index contributed by atoms with van der Waals surface area (Å²) in [5.41, 5.74) is -3.78. The van der Waals surface area contributed by atoms with E-state index < -0.39 is 78.6 Å². The molecule has 0 bridgehead atoms. The summed E-state index contributed by atoms with van der Waals surface area (Å²) in [6.07, 6.45) is -9.91. The summed E-state index contributed by atoms with van der Waals surface area (Å²) in [4.78, 5) is 23.4. The highest BCUT2D eigenvalue weighted by atomic mass is 16.7. The summed E-state index contributed by atoms with van der Waals surface area (Å²) < 4.78 is 21.8. The molecule has 12 nitrogen and oxygen atoms in total. The van der Waals surface area contributed by atoms with E-state index in [1.54, 1.807) is 6.92 Å². The van der Waals surface area contributed by atoms with E-state index in [1.165, 1.54) is 20.8 Å². The van der Waals surface area contributed by atoms with Crippen molar-refractivity contribution in [1.29, 1.82) is 0 Å². The van der Waals surface area contributed by atoms with E-state index in [-0.39, 0.29) is 0 Å². The average Bonchev–Trinajstić information content (AvgIpc) is 2.65. The van der Waals surface area contributed by atoms with Gasteiger partial charge in [-0.05, 0) is 20.8 Å². The lowest BCUT2D eigenvalue weighted by Crippen LogP contribution is -2.74. The first-order valence-corrected chi connectivity index (χ1v) is 9.52. The first-order chi connectivity index (χ1) is 13.8. The third-order valence-corrected chi connectivity index (χ3v) is 5.81. The molecule has 0 spiro atoms. The van der Waals surface area contributed by atoms with E-state index in [4.69, 9.17) is 18.9 Å². The predicted molar refractivity (Wildman–Crippen MR) is 98.2 cm³/mol. The molecule has 174 valence electrons. The molecule has 1 amide bonds. The van der Waals surface area contributed by atoms with E-state index in [1.807, 2.05) is 0 Å². The molecule has 0 aliphatic carbocycles. The third kappa shape index (κ3) is 4.32. The summed E-state index contributed by atoms with van der Waals surface area (Å²) >= 11 is 0. The van der Waals surface area contributed by atoms with Crippen LogP contribution in [0, 0.1) is 0 Å². The largest absolute Gasteiger partial charge is 0.479 e. The number of carbonyl (C=O) groups is 2. The van der Waals surface area contributed by atoms with Crippen molar-refractivity contribution in [1.82, 2.24) is 5.32 Å². The highest BCUT2D eigenvalue weighted by Gasteiger charge is 2.60. The van der Waals surface area contributed by atoms with Crippen molar-refractivity contribution >= 4 is 11.9 Å². The number of aliphatic hydroxyl groups excluding tert-OH is 3. The van der Waals surface area contributed by atoms with Crippen LogP contribution in [-0.4, -0.2) is 111 Å². The molecule has 2 aliphatic rings. The highest BCUT2D eigenvalue weighted by molar-refractivity contribution is 5.74. The fourth-order valence-corrected chi connectivity index (χ4v) is 4.15. The van der Waals surface area contributed by atoms with Crippen molar-refractivity contribution in [3.63, 3.8) is 0 Å². The summed E-state index contributed by atoms with van der Waals surface area (Å²) in [5, 5.41) is 53.9. The third-order valence-electron chi connectivity index (χ3n) is 5.81. The van der Waals surface area contributed by atoms with E-state index in [0.29, 0.717) is 0 Å². The molecule has 4 unspecified atom stereocenters. The van der Waals surface area contributed by atoms with Crippen molar-refractivity contribution in [2.75, 3.05) is 13.7 Å². The maximum absolute atomic E-state index is 11.7. The number of nitrogens with one attached hydrogen (secondary N) is 1. The van der Waals surface area contributed by atoms with Gasteiger partial charge < -0.3 is 49.8 Å². The summed E-state index contributed by atoms with van der Waals surface area (Å²) in [5.74, 6) is -1.92. The average molecular weight is 437 g/mol. The molecule has 0 aromatic rings. The second-order valence-electron chi connectivity index (χ2n) is 8.08. The molecular weight excluding hydrogens is 406 g/mol. The fraction of sp³-hybridized carbons (Fsp3) is 0.889. The van der Waals surface area contributed by atoms with E-state index in [9.17, 15) is 35.1 Å². The molecule has 2 saturated heterocycles. The zero-order valence-corrected chi connectivity index (χ0v) is 17.5. The van der Waals surface area contributed by atoms with Crippen LogP contribution in [0.2, 0.25) is 0 Å². The Balaban J connectivity index is 2.43. The van der Waals surface area contributed by atoms with Gasteiger partial charge in [0.2, 0.25) is 5.91 Å². The number of carboxylic acid groups (broad SMARTS) is 1. The summed E-state index contributed by atoms with van der Waals surface area (Å²) in [7, 11) is 1.16. The van der Waals surface area contributed by atoms with Crippen molar-refractivity contribution in [3.8, 4) is 0 Å². The van der Waals surface area contributed by atoms with Crippen molar-refractivity contribution in [3.05, 3.63) is 0 Å². The van der Waals surface area contributed by atoms with Crippen LogP contribution in [0.1, 0.15) is 27.7 Å². The molecule has 0 saturated carbocycles. The molecule has 2 heterocycles. The molecule has 2 rings (SSSR count). The lowest BCUT2D eigenvalue weighted by Gasteiger charge is -2.54. The van der Waals surface area contributed by atoms with Gasteiger partial charge in [-0.25, -0.2) is 4.79 Å². The van der Waals surface area contributed by atoms with Crippen LogP contribution in [0.25, 0.3) is 0 Å². The van der Waals surface area contributed by atoms with Crippen LogP contribution in [0.5, 0.6) is 0 Å². The highest BCUT2D eigenvalue weighted by Crippen LogP contribution is 2.39. The number of aliphatic carboxylic acids is 1. The van der Waals surface area contributed by atoms with Gasteiger partial charge in [0, 0.05) is 14.0 Å². The smallest absolute Gasteiger partial charge is 0.335 e. The standard InChI is InChI=1S/C18H31NO11/c1-7-11(19-8(2)21)18(4,12(22)9(6-20)28-7)30-16-13(23)17(3,26)14(27-5)10(29-16)15(24)25/h7,9-14,16,20,22-23,26H,6H2,1-5H3,(H,19,21)(H,24,25)/t7-,9?,10?,11?,12+,13?,14+,16-,17+,18+/m0/s1. The number of hydrogen-bond donors (Lipinski definition) is 6. The lowest BCUT2D eigenvalue weighted by atomic mass is 9.80. The topological polar surface area (TPSA) is 184 Å². The summed E-state index contributed by atoms with van der Waals surface area (Å²) in [6.45, 7) is 4.85. The first-order valence-electron chi connectivity index (χ1n) is 9.52. The molecule has 2 fully saturated rings. The second kappa shape index (κ2) is 9.01. The minimum Gasteiger partial charge on any atom is -0.479 e. The lowest BCUT2D eigenvalue weighted by molar-refractivity contribution is -0.366. The van der Waals surface area contributed by atoms with E-state index in [2.05, 4.69) is 5.32 Å². The molecule has 0 aromatic carbocycles. The second-order valence-corrected chi connectivity index (χ2v) is 8.08. The monoisotopic (exact) mass is 437 g/mol. The van der Waals surface area contributed by atoms with Gasteiger partial charge in [0.1, 0.15) is 35.6 Å². The van der Waals surface area contributed by atoms with Gasteiger partial charge in [-0.15, -0.1) is 0 Å². The number of aliphatic hydroxyl groups is 4. The normalized spacial score (nSPS) is 47.0. The van der Waals surface area contributed by atoms with Crippen molar-refractivity contribution in [2.24, 2.45) is 0 Å². The molecule has 10 atom stereocenters. The number of carboxylic acids is 1. The summed E-state index contributed by atoms with van der Waals surface area (Å²) in [6, 6.07) is -0.961. The van der Waals surface area contributed by atoms with E-state index >= 15 is 0 Å². The van der Waals surface area contributed by atoms with Gasteiger partial charge in [0.25, 0.3) is 0 Å². The Morgan fingerprint density at radius 1 is 1.17 bits per heavy atom. The molecule has 0 radical (unpaired) electrons. The van der Waals surface area contributed by atoms with Gasteiger partial charge in [0.15, 0.2) is 12.4 Å². The number of carbonyl (C=O) groups excluding carboxylic acids is 1. The van der Waals surface area contributed by atoms with Crippen LogP contribution in [-0.2, 0) is 28.5 Å². The molecule has 6 N–H and O–H groups in total. The molecular formula is C18H31NO11. The number of methoxy groups -OCH3 is 1. The Hall–Kier alpha value is -1.38. The molecule has 12 heteroatoms. The Morgan fingerprint density at radius 2 is 1.77 bits per heavy atom. The van der Waals surface area contributed by atoms with Crippen LogP contribution in [0.4, 0.5) is 0 Å². The van der Waals surface area contributed by atoms with Gasteiger partial charge in [-0.3, -0.25) is 4.79 Å². The predicted octanol–water partition coefficient (Wildman–Crippen LogP) is -2.66. The SMILES string of the molecule is CO[C@@H]1C(C(=O)O)O[C@@H](O[C@]2(C)C(NC(C)=O)[C@H](C)OC(CO)[C@H]2O)C(O)[C@@]1(C)O. The first kappa shape index (κ1) is 24.9. The van der Waals surface area contributed by atoms with Crippen LogP contribution >= 0.6 is 0 Å². The number of ether oxygens (including phenoxy) is 4. The maximum atomic E-state index is 11.7. The quantitative estimate of drug-likeness (QED) is 0.255. The van der Waals surface area contributed by atoms with Crippen LogP contribution in [0.3, 0.4) is 0 Å². The Kier molecular flexibility index (Phi) is 7.47. The van der Waals surface area contributed by atoms with Gasteiger partial charge in [0.05, 0.1) is 18.8 Å². The zero-order valence-electron chi connectivity index (χ0n) is 17.5. The minimum atomic E-state index is -2.08. The van der Waals surface area contributed by atoms with Crippen molar-refractivity contribution < 1.29 is 54.1 Å². The van der Waals surface area contributed by atoms with Gasteiger partial charge in [-0.2, -0.15) is 0 Å². The fourth-order valence-electron chi connectivity index (χ4n) is 4.15. The van der Waals surface area contributed by atoms with Crippen LogP contribution < -0.4 is 5.32 Å². The Labute approximate surface area is 173 Å².